The van der Waals surface area contributed by atoms with Crippen LogP contribution in [0.2, 0.25) is 0 Å². The molecule has 4 heteroatoms. The summed E-state index contributed by atoms with van der Waals surface area (Å²) in [7, 11) is 0. The van der Waals surface area contributed by atoms with Crippen molar-refractivity contribution in [2.45, 2.75) is 19.9 Å². The Morgan fingerprint density at radius 1 is 1.53 bits per heavy atom. The van der Waals surface area contributed by atoms with Gasteiger partial charge in [-0.05, 0) is 36.6 Å². The molecule has 0 saturated carbocycles. The standard InChI is InChI=1S/C13H19N3O/c1-9-4-5-16(7-9)8-11-3-2-10(13(15)17)6-12(11)14/h2-3,6,9H,4-5,7-8,14H2,1H3,(H2,15,17). The van der Waals surface area contributed by atoms with Gasteiger partial charge in [-0.2, -0.15) is 0 Å². The van der Waals surface area contributed by atoms with E-state index in [2.05, 4.69) is 11.8 Å². The van der Waals surface area contributed by atoms with E-state index in [1.54, 1.807) is 12.1 Å². The van der Waals surface area contributed by atoms with Crippen LogP contribution in [0.3, 0.4) is 0 Å². The molecule has 1 saturated heterocycles. The third-order valence-corrected chi connectivity index (χ3v) is 3.33. The summed E-state index contributed by atoms with van der Waals surface area (Å²) in [6, 6.07) is 5.31. The molecule has 0 bridgehead atoms. The molecule has 1 fully saturated rings. The average molecular weight is 233 g/mol. The molecule has 17 heavy (non-hydrogen) atoms. The van der Waals surface area contributed by atoms with Gasteiger partial charge in [0.1, 0.15) is 0 Å². The lowest BCUT2D eigenvalue weighted by Gasteiger charge is -2.16. The molecule has 0 spiro atoms. The molecule has 0 aliphatic carbocycles. The van der Waals surface area contributed by atoms with Crippen LogP contribution in [0.25, 0.3) is 0 Å². The van der Waals surface area contributed by atoms with Gasteiger partial charge in [-0.3, -0.25) is 9.69 Å². The molecule has 92 valence electrons. The third kappa shape index (κ3) is 2.77. The van der Waals surface area contributed by atoms with E-state index in [4.69, 9.17) is 11.5 Å². The zero-order valence-corrected chi connectivity index (χ0v) is 10.1. The molecular formula is C13H19N3O. The van der Waals surface area contributed by atoms with Crippen molar-refractivity contribution in [1.82, 2.24) is 4.90 Å². The Morgan fingerprint density at radius 2 is 2.29 bits per heavy atom. The predicted octanol–water partition coefficient (Wildman–Crippen LogP) is 1.21. The maximum absolute atomic E-state index is 11.0. The molecule has 1 aromatic carbocycles. The van der Waals surface area contributed by atoms with Crippen molar-refractivity contribution in [2.75, 3.05) is 18.8 Å². The van der Waals surface area contributed by atoms with Crippen LogP contribution >= 0.6 is 0 Å². The lowest BCUT2D eigenvalue weighted by molar-refractivity contribution is 0.100. The number of hydrogen-bond donors (Lipinski definition) is 2. The van der Waals surface area contributed by atoms with Crippen LogP contribution in [0.1, 0.15) is 29.3 Å². The molecule has 0 aromatic heterocycles. The van der Waals surface area contributed by atoms with E-state index in [1.807, 2.05) is 6.07 Å². The number of nitrogen functional groups attached to an aromatic ring is 1. The van der Waals surface area contributed by atoms with Crippen LogP contribution in [-0.2, 0) is 6.54 Å². The Hall–Kier alpha value is -1.55. The molecule has 1 heterocycles. The number of anilines is 1. The van der Waals surface area contributed by atoms with E-state index in [0.717, 1.165) is 31.1 Å². The van der Waals surface area contributed by atoms with Gasteiger partial charge in [0.05, 0.1) is 0 Å². The number of carbonyl (C=O) groups is 1. The number of hydrogen-bond acceptors (Lipinski definition) is 3. The summed E-state index contributed by atoms with van der Waals surface area (Å²) in [5, 5.41) is 0. The monoisotopic (exact) mass is 233 g/mol. The molecule has 1 atom stereocenters. The maximum Gasteiger partial charge on any atom is 0.248 e. The summed E-state index contributed by atoms with van der Waals surface area (Å²) < 4.78 is 0. The Bertz CT molecular complexity index is 431. The van der Waals surface area contributed by atoms with Crippen molar-refractivity contribution in [3.63, 3.8) is 0 Å². The molecule has 4 N–H and O–H groups in total. The summed E-state index contributed by atoms with van der Waals surface area (Å²) in [6.07, 6.45) is 1.25. The summed E-state index contributed by atoms with van der Waals surface area (Å²) in [5.41, 5.74) is 13.3. The van der Waals surface area contributed by atoms with Gasteiger partial charge in [-0.25, -0.2) is 0 Å². The molecule has 2 rings (SSSR count). The normalized spacial score (nSPS) is 20.6. The number of nitrogens with two attached hydrogens (primary N) is 2. The van der Waals surface area contributed by atoms with Crippen molar-refractivity contribution in [3.8, 4) is 0 Å². The zero-order chi connectivity index (χ0) is 12.4. The van der Waals surface area contributed by atoms with Crippen molar-refractivity contribution in [1.29, 1.82) is 0 Å². The largest absolute Gasteiger partial charge is 0.398 e. The quantitative estimate of drug-likeness (QED) is 0.771. The summed E-state index contributed by atoms with van der Waals surface area (Å²) in [4.78, 5) is 13.4. The second-order valence-corrected chi connectivity index (χ2v) is 4.91. The van der Waals surface area contributed by atoms with E-state index in [0.29, 0.717) is 11.3 Å². The van der Waals surface area contributed by atoms with Gasteiger partial charge >= 0.3 is 0 Å². The van der Waals surface area contributed by atoms with Crippen LogP contribution in [0.5, 0.6) is 0 Å². The third-order valence-electron chi connectivity index (χ3n) is 3.33. The highest BCUT2D eigenvalue weighted by Crippen LogP contribution is 2.21. The summed E-state index contributed by atoms with van der Waals surface area (Å²) >= 11 is 0. The van der Waals surface area contributed by atoms with Gasteiger partial charge in [0.15, 0.2) is 0 Å². The number of likely N-dealkylation sites (tertiary alicyclic amines) is 1. The molecule has 0 radical (unpaired) electrons. The van der Waals surface area contributed by atoms with E-state index in [1.165, 1.54) is 6.42 Å². The Morgan fingerprint density at radius 3 is 2.82 bits per heavy atom. The molecule has 1 aliphatic rings. The molecule has 1 aliphatic heterocycles. The molecular weight excluding hydrogens is 214 g/mol. The van der Waals surface area contributed by atoms with Crippen molar-refractivity contribution < 1.29 is 4.79 Å². The van der Waals surface area contributed by atoms with E-state index in [-0.39, 0.29) is 0 Å². The summed E-state index contributed by atoms with van der Waals surface area (Å²) in [5.74, 6) is 0.333. The number of rotatable bonds is 3. The Balaban J connectivity index is 2.09. The smallest absolute Gasteiger partial charge is 0.248 e. The topological polar surface area (TPSA) is 72.3 Å². The van der Waals surface area contributed by atoms with Crippen LogP contribution in [0.15, 0.2) is 18.2 Å². The first-order chi connectivity index (χ1) is 8.06. The van der Waals surface area contributed by atoms with Gasteiger partial charge in [-0.1, -0.05) is 13.0 Å². The van der Waals surface area contributed by atoms with Gasteiger partial charge < -0.3 is 11.5 Å². The van der Waals surface area contributed by atoms with Crippen molar-refractivity contribution >= 4 is 11.6 Å². The number of benzene rings is 1. The van der Waals surface area contributed by atoms with E-state index >= 15 is 0 Å². The highest BCUT2D eigenvalue weighted by molar-refractivity contribution is 5.93. The SMILES string of the molecule is CC1CCN(Cc2ccc(C(N)=O)cc2N)C1. The van der Waals surface area contributed by atoms with Crippen LogP contribution in [0, 0.1) is 5.92 Å². The van der Waals surface area contributed by atoms with Gasteiger partial charge in [-0.15, -0.1) is 0 Å². The fourth-order valence-corrected chi connectivity index (χ4v) is 2.30. The second-order valence-electron chi connectivity index (χ2n) is 4.91. The molecule has 4 nitrogen and oxygen atoms in total. The molecule has 1 unspecified atom stereocenters. The fourth-order valence-electron chi connectivity index (χ4n) is 2.30. The van der Waals surface area contributed by atoms with Crippen molar-refractivity contribution in [2.24, 2.45) is 11.7 Å². The lowest BCUT2D eigenvalue weighted by Crippen LogP contribution is -2.20. The summed E-state index contributed by atoms with van der Waals surface area (Å²) in [6.45, 7) is 5.37. The lowest BCUT2D eigenvalue weighted by atomic mass is 10.1. The van der Waals surface area contributed by atoms with E-state index in [9.17, 15) is 4.79 Å². The minimum absolute atomic E-state index is 0.432. The average Bonchev–Trinajstić information content (AvgIpc) is 2.67. The second kappa shape index (κ2) is 4.75. The molecule has 1 amide bonds. The number of nitrogens with zero attached hydrogens (tertiary/aromatic N) is 1. The minimum atomic E-state index is -0.432. The Labute approximate surface area is 102 Å². The van der Waals surface area contributed by atoms with Crippen LogP contribution in [-0.4, -0.2) is 23.9 Å². The van der Waals surface area contributed by atoms with E-state index < -0.39 is 5.91 Å². The van der Waals surface area contributed by atoms with Crippen LogP contribution < -0.4 is 11.5 Å². The van der Waals surface area contributed by atoms with Gasteiger partial charge in [0.2, 0.25) is 5.91 Å². The first kappa shape index (κ1) is 11.9. The Kier molecular flexibility index (Phi) is 3.33. The zero-order valence-electron chi connectivity index (χ0n) is 10.1. The number of primary amides is 1. The maximum atomic E-state index is 11.0. The highest BCUT2D eigenvalue weighted by atomic mass is 16.1. The number of amides is 1. The molecule has 1 aromatic rings. The first-order valence-corrected chi connectivity index (χ1v) is 5.97. The van der Waals surface area contributed by atoms with Crippen molar-refractivity contribution in [3.05, 3.63) is 29.3 Å². The van der Waals surface area contributed by atoms with Gasteiger partial charge in [0, 0.05) is 24.3 Å². The van der Waals surface area contributed by atoms with Crippen LogP contribution in [0.4, 0.5) is 5.69 Å². The highest BCUT2D eigenvalue weighted by Gasteiger charge is 2.19. The number of carbonyl (C=O) groups excluding carboxylic acids is 1. The minimum Gasteiger partial charge on any atom is -0.398 e. The fraction of sp³-hybridized carbons (Fsp3) is 0.462. The first-order valence-electron chi connectivity index (χ1n) is 5.97. The van der Waals surface area contributed by atoms with Gasteiger partial charge in [0.25, 0.3) is 0 Å². The predicted molar refractivity (Wildman–Crippen MR) is 68.4 cm³/mol.